The summed E-state index contributed by atoms with van der Waals surface area (Å²) in [5.74, 6) is -0.258. The Labute approximate surface area is 196 Å². The van der Waals surface area contributed by atoms with Gasteiger partial charge in [0.15, 0.2) is 0 Å². The molecule has 1 aliphatic carbocycles. The number of rotatable bonds is 6. The molecule has 3 rings (SSSR count). The van der Waals surface area contributed by atoms with Gasteiger partial charge in [0.2, 0.25) is 5.91 Å². The van der Waals surface area contributed by atoms with Crippen molar-refractivity contribution in [3.8, 4) is 0 Å². The molecule has 1 N–H and O–H groups in total. The lowest BCUT2D eigenvalue weighted by molar-refractivity contribution is -0.116. The minimum Gasteiger partial charge on any atom is -0.465 e. The molecular weight excluding hydrogens is 422 g/mol. The number of nitrogens with zero attached hydrogens (tertiary/aromatic N) is 2. The van der Waals surface area contributed by atoms with Crippen molar-refractivity contribution in [3.05, 3.63) is 23.3 Å². The number of anilines is 2. The lowest BCUT2D eigenvalue weighted by Crippen LogP contribution is -2.42. The smallest absolute Gasteiger partial charge is 0.407 e. The van der Waals surface area contributed by atoms with Crippen LogP contribution in [-0.4, -0.2) is 55.9 Å². The van der Waals surface area contributed by atoms with Gasteiger partial charge in [-0.1, -0.05) is 0 Å². The Hall–Kier alpha value is -2.77. The van der Waals surface area contributed by atoms with Crippen molar-refractivity contribution in [2.24, 2.45) is 5.92 Å². The van der Waals surface area contributed by atoms with Crippen molar-refractivity contribution in [3.63, 3.8) is 0 Å². The zero-order valence-electron chi connectivity index (χ0n) is 20.9. The van der Waals surface area contributed by atoms with Crippen LogP contribution in [0.4, 0.5) is 16.2 Å². The van der Waals surface area contributed by atoms with Crippen LogP contribution in [0, 0.1) is 12.8 Å². The third-order valence-corrected chi connectivity index (χ3v) is 6.32. The molecule has 0 spiro atoms. The molecule has 1 heterocycles. The van der Waals surface area contributed by atoms with Crippen LogP contribution in [0.3, 0.4) is 0 Å². The maximum absolute atomic E-state index is 12.5. The lowest BCUT2D eigenvalue weighted by Gasteiger charge is -2.30. The minimum absolute atomic E-state index is 0.0425. The van der Waals surface area contributed by atoms with Crippen molar-refractivity contribution < 1.29 is 23.9 Å². The van der Waals surface area contributed by atoms with E-state index in [1.807, 2.05) is 40.7 Å². The molecule has 2 aliphatic rings. The Kier molecular flexibility index (Phi) is 7.24. The van der Waals surface area contributed by atoms with E-state index in [4.69, 9.17) is 9.47 Å². The van der Waals surface area contributed by atoms with Crippen molar-refractivity contribution in [2.75, 3.05) is 30.0 Å². The molecule has 1 unspecified atom stereocenters. The van der Waals surface area contributed by atoms with Gasteiger partial charge < -0.3 is 24.6 Å². The summed E-state index contributed by atoms with van der Waals surface area (Å²) in [6, 6.07) is 3.78. The molecule has 2 amide bonds. The molecular formula is C25H37N3O5. The highest BCUT2D eigenvalue weighted by atomic mass is 16.6. The molecule has 2 atom stereocenters. The summed E-state index contributed by atoms with van der Waals surface area (Å²) in [6.45, 7) is 12.6. The Morgan fingerprint density at radius 2 is 1.85 bits per heavy atom. The van der Waals surface area contributed by atoms with E-state index < -0.39 is 17.7 Å². The largest absolute Gasteiger partial charge is 0.465 e. The fourth-order valence-corrected chi connectivity index (χ4v) is 4.57. The molecule has 1 aromatic rings. The average molecular weight is 460 g/mol. The number of carbonyl (C=O) groups is 3. The van der Waals surface area contributed by atoms with Gasteiger partial charge in [-0.05, 0) is 77.5 Å². The second-order valence-corrected chi connectivity index (χ2v) is 10.1. The molecule has 33 heavy (non-hydrogen) atoms. The summed E-state index contributed by atoms with van der Waals surface area (Å²) < 4.78 is 10.4. The van der Waals surface area contributed by atoms with E-state index in [0.717, 1.165) is 43.6 Å². The third-order valence-electron chi connectivity index (χ3n) is 6.32. The van der Waals surface area contributed by atoms with Gasteiger partial charge in [-0.3, -0.25) is 4.79 Å². The van der Waals surface area contributed by atoms with E-state index in [2.05, 4.69) is 10.2 Å². The van der Waals surface area contributed by atoms with Gasteiger partial charge in [-0.25, -0.2) is 9.59 Å². The molecule has 1 aliphatic heterocycles. The number of hydrogen-bond acceptors (Lipinski definition) is 6. The number of carbonyl (C=O) groups excluding carboxylic acids is 3. The second-order valence-electron chi connectivity index (χ2n) is 10.1. The third kappa shape index (κ3) is 5.78. The quantitative estimate of drug-likeness (QED) is 0.646. The zero-order chi connectivity index (χ0) is 24.5. The average Bonchev–Trinajstić information content (AvgIpc) is 3.41. The van der Waals surface area contributed by atoms with E-state index in [1.165, 1.54) is 7.11 Å². The van der Waals surface area contributed by atoms with Crippen molar-refractivity contribution in [1.82, 2.24) is 5.32 Å². The standard InChI is InChI=1S/C25H37N3O5/c1-15-21(27-13-12-18(14-27)16(2)26-24(31)33-25(4,5)6)11-10-20(23(30)32-7)22(15)28(17(3)29)19-8-9-19/h10-11,16,18-19H,8-9,12-14H2,1-7H3,(H,26,31)/t16-,18?/m0/s1. The summed E-state index contributed by atoms with van der Waals surface area (Å²) in [5, 5.41) is 2.96. The number of hydrogen-bond donors (Lipinski definition) is 1. The van der Waals surface area contributed by atoms with E-state index in [1.54, 1.807) is 17.9 Å². The van der Waals surface area contributed by atoms with Gasteiger partial charge in [0, 0.05) is 37.8 Å². The van der Waals surface area contributed by atoms with E-state index >= 15 is 0 Å². The zero-order valence-corrected chi connectivity index (χ0v) is 20.9. The highest BCUT2D eigenvalue weighted by Gasteiger charge is 2.37. The van der Waals surface area contributed by atoms with Gasteiger partial charge in [0.25, 0.3) is 0 Å². The predicted molar refractivity (Wildman–Crippen MR) is 128 cm³/mol. The number of methoxy groups -OCH3 is 1. The Morgan fingerprint density at radius 1 is 1.18 bits per heavy atom. The molecule has 2 fully saturated rings. The second kappa shape index (κ2) is 9.61. The monoisotopic (exact) mass is 459 g/mol. The van der Waals surface area contributed by atoms with Gasteiger partial charge in [-0.15, -0.1) is 0 Å². The van der Waals surface area contributed by atoms with Crippen LogP contribution in [0.1, 0.15) is 69.8 Å². The van der Waals surface area contributed by atoms with Crippen LogP contribution in [-0.2, 0) is 14.3 Å². The van der Waals surface area contributed by atoms with Gasteiger partial charge in [0.05, 0.1) is 18.4 Å². The van der Waals surface area contributed by atoms with Gasteiger partial charge in [-0.2, -0.15) is 0 Å². The maximum atomic E-state index is 12.5. The normalized spacial score (nSPS) is 19.1. The number of esters is 1. The Morgan fingerprint density at radius 3 is 2.39 bits per heavy atom. The lowest BCUT2D eigenvalue weighted by atomic mass is 10.0. The number of alkyl carbamates (subject to hydrolysis) is 1. The number of nitrogens with one attached hydrogen (secondary N) is 1. The summed E-state index contributed by atoms with van der Waals surface area (Å²) in [7, 11) is 1.36. The van der Waals surface area contributed by atoms with Crippen molar-refractivity contribution in [1.29, 1.82) is 0 Å². The van der Waals surface area contributed by atoms with E-state index in [9.17, 15) is 14.4 Å². The molecule has 0 radical (unpaired) electrons. The first-order valence-corrected chi connectivity index (χ1v) is 11.7. The van der Waals surface area contributed by atoms with Gasteiger partial charge in [0.1, 0.15) is 5.60 Å². The highest BCUT2D eigenvalue weighted by Crippen LogP contribution is 2.41. The van der Waals surface area contributed by atoms with E-state index in [0.29, 0.717) is 11.3 Å². The SMILES string of the molecule is COC(=O)c1ccc(N2CCC([C@H](C)NC(=O)OC(C)(C)C)C2)c(C)c1N(C(C)=O)C1CC1. The van der Waals surface area contributed by atoms with Crippen molar-refractivity contribution >= 4 is 29.3 Å². The topological polar surface area (TPSA) is 88.2 Å². The van der Waals surface area contributed by atoms with Crippen LogP contribution < -0.4 is 15.1 Å². The van der Waals surface area contributed by atoms with Crippen LogP contribution in [0.2, 0.25) is 0 Å². The number of ether oxygens (including phenoxy) is 2. The fourth-order valence-electron chi connectivity index (χ4n) is 4.57. The molecule has 1 aromatic carbocycles. The molecule has 8 heteroatoms. The van der Waals surface area contributed by atoms with Crippen LogP contribution >= 0.6 is 0 Å². The molecule has 182 valence electrons. The summed E-state index contributed by atoms with van der Waals surface area (Å²) in [5.41, 5.74) is 2.42. The van der Waals surface area contributed by atoms with Crippen molar-refractivity contribution in [2.45, 2.75) is 78.5 Å². The van der Waals surface area contributed by atoms with Crippen LogP contribution in [0.25, 0.3) is 0 Å². The van der Waals surface area contributed by atoms with Gasteiger partial charge >= 0.3 is 12.1 Å². The summed E-state index contributed by atoms with van der Waals surface area (Å²) in [6.07, 6.45) is 2.38. The Bertz CT molecular complexity index is 919. The van der Waals surface area contributed by atoms with Crippen LogP contribution in [0.15, 0.2) is 12.1 Å². The Balaban J connectivity index is 1.82. The van der Waals surface area contributed by atoms with Crippen LogP contribution in [0.5, 0.6) is 0 Å². The highest BCUT2D eigenvalue weighted by molar-refractivity contribution is 6.04. The minimum atomic E-state index is -0.537. The molecule has 1 saturated carbocycles. The van der Waals surface area contributed by atoms with E-state index in [-0.39, 0.29) is 23.9 Å². The first-order valence-electron chi connectivity index (χ1n) is 11.7. The fraction of sp³-hybridized carbons (Fsp3) is 0.640. The maximum Gasteiger partial charge on any atom is 0.407 e. The first-order chi connectivity index (χ1) is 15.4. The molecule has 1 saturated heterocycles. The summed E-state index contributed by atoms with van der Waals surface area (Å²) >= 11 is 0. The summed E-state index contributed by atoms with van der Waals surface area (Å²) in [4.78, 5) is 41.2. The number of benzene rings is 1. The first kappa shape index (κ1) is 24.9. The number of amides is 2. The molecule has 0 bridgehead atoms. The molecule has 0 aromatic heterocycles. The predicted octanol–water partition coefficient (Wildman–Crippen LogP) is 4.04. The molecule has 8 nitrogen and oxygen atoms in total.